The Morgan fingerprint density at radius 2 is 1.86 bits per heavy atom. The molecule has 0 bridgehead atoms. The monoisotopic (exact) mass is 151 g/mol. The fourth-order valence-electron chi connectivity index (χ4n) is 0.420. The summed E-state index contributed by atoms with van der Waals surface area (Å²) >= 11 is 7.93. The molecule has 0 unspecified atom stereocenters. The lowest BCUT2D eigenvalue weighted by atomic mass is 10.6. The van der Waals surface area contributed by atoms with Crippen LogP contribution in [0.3, 0.4) is 0 Å². The van der Waals surface area contributed by atoms with Gasteiger partial charge < -0.3 is 0 Å². The predicted molar refractivity (Wildman–Crippen MR) is 43.3 cm³/mol. The molecule has 1 aliphatic heterocycles. The molecule has 0 spiro atoms. The Morgan fingerprint density at radius 1 is 1.29 bits per heavy atom. The number of hydrogen-bond acceptors (Lipinski definition) is 2. The Kier molecular flexibility index (Phi) is 2.49. The maximum atomic E-state index is 4.20. The largest absolute Gasteiger partial charge is 0.289 e. The first-order valence-electron chi connectivity index (χ1n) is 2.21. The number of hydrogen-bond donors (Lipinski definition) is 0. The van der Waals surface area contributed by atoms with Crippen LogP contribution in [0.15, 0.2) is 0 Å². The first-order valence-corrected chi connectivity index (χ1v) is 4.63. The van der Waals surface area contributed by atoms with Crippen molar-refractivity contribution in [2.24, 2.45) is 0 Å². The highest BCUT2D eigenvalue weighted by molar-refractivity contribution is 8.45. The molecule has 1 heterocycles. The van der Waals surface area contributed by atoms with Crippen molar-refractivity contribution >= 4 is 39.3 Å². The van der Waals surface area contributed by atoms with E-state index in [1.54, 1.807) is 0 Å². The Bertz CT molecular complexity index is 71.0. The average molecular weight is 151 g/mol. The summed E-state index contributed by atoms with van der Waals surface area (Å²) in [7, 11) is 0. The molecule has 3 heteroatoms. The molecule has 0 aromatic carbocycles. The lowest BCUT2D eigenvalue weighted by Gasteiger charge is -2.01. The molecule has 0 aromatic rings. The smallest absolute Gasteiger partial charge is 0.0579 e. The van der Waals surface area contributed by atoms with Crippen LogP contribution < -0.4 is 0 Å². The zero-order chi connectivity index (χ0) is 5.11. The van der Waals surface area contributed by atoms with Gasteiger partial charge in [-0.3, -0.25) is 0 Å². The van der Waals surface area contributed by atoms with E-state index in [1.807, 2.05) is 23.5 Å². The van der Waals surface area contributed by atoms with Gasteiger partial charge in [0.25, 0.3) is 3.53 Å². The second-order valence-electron chi connectivity index (χ2n) is 1.32. The number of thiol groups is 1. The minimum absolute atomic E-state index is 1.24. The molecular formula is C4H7S3+. The highest BCUT2D eigenvalue weighted by Gasteiger charge is 2.10. The molecule has 0 nitrogen and oxygen atoms in total. The fraction of sp³-hybridized carbons (Fsp3) is 0.750. The third-order valence-corrected chi connectivity index (χ3v) is 3.70. The summed E-state index contributed by atoms with van der Waals surface area (Å²) in [5, 5.41) is 0. The van der Waals surface area contributed by atoms with E-state index in [2.05, 4.69) is 12.2 Å². The first-order chi connectivity index (χ1) is 3.39. The zero-order valence-electron chi connectivity index (χ0n) is 3.89. The zero-order valence-corrected chi connectivity index (χ0v) is 6.41. The van der Waals surface area contributed by atoms with E-state index in [1.165, 1.54) is 21.5 Å². The predicted octanol–water partition coefficient (Wildman–Crippen LogP) is 1.22. The van der Waals surface area contributed by atoms with Crippen molar-refractivity contribution in [3.63, 3.8) is 0 Å². The maximum absolute atomic E-state index is 4.20. The van der Waals surface area contributed by atoms with E-state index in [9.17, 15) is 0 Å². The van der Waals surface area contributed by atoms with E-state index in [0.717, 1.165) is 0 Å². The Hall–Kier alpha value is 0.790. The minimum Gasteiger partial charge on any atom is -0.0579 e. The van der Waals surface area contributed by atoms with Gasteiger partial charge in [0.2, 0.25) is 0 Å². The SMILES string of the molecule is [SH+]=C1SCCCS1. The fourth-order valence-corrected chi connectivity index (χ4v) is 2.91. The second kappa shape index (κ2) is 2.95. The summed E-state index contributed by atoms with van der Waals surface area (Å²) < 4.78 is 1.24. The van der Waals surface area contributed by atoms with Crippen molar-refractivity contribution in [3.05, 3.63) is 0 Å². The Morgan fingerprint density at radius 3 is 2.14 bits per heavy atom. The van der Waals surface area contributed by atoms with Gasteiger partial charge in [-0.2, -0.15) is 0 Å². The molecule has 0 aromatic heterocycles. The van der Waals surface area contributed by atoms with Crippen LogP contribution in [0.25, 0.3) is 0 Å². The average Bonchev–Trinajstić information content (AvgIpc) is 1.69. The summed E-state index contributed by atoms with van der Waals surface area (Å²) in [6, 6.07) is 0. The van der Waals surface area contributed by atoms with Crippen LogP contribution in [0.5, 0.6) is 0 Å². The molecule has 1 rings (SSSR count). The summed E-state index contributed by atoms with van der Waals surface area (Å²) in [5.74, 6) is 2.54. The van der Waals surface area contributed by atoms with Crippen LogP contribution >= 0.6 is 23.5 Å². The van der Waals surface area contributed by atoms with Gasteiger partial charge in [0.1, 0.15) is 0 Å². The van der Waals surface area contributed by atoms with Gasteiger partial charge in [0.05, 0.1) is 0 Å². The van der Waals surface area contributed by atoms with Crippen LogP contribution in [0.2, 0.25) is 0 Å². The molecule has 0 saturated carbocycles. The van der Waals surface area contributed by atoms with Crippen molar-refractivity contribution in [1.29, 1.82) is 0 Å². The van der Waals surface area contributed by atoms with Crippen LogP contribution in [0, 0.1) is 0 Å². The van der Waals surface area contributed by atoms with Gasteiger partial charge in [0, 0.05) is 11.5 Å². The topological polar surface area (TPSA) is 0 Å². The molecule has 1 saturated heterocycles. The van der Waals surface area contributed by atoms with E-state index in [4.69, 9.17) is 0 Å². The van der Waals surface area contributed by atoms with Gasteiger partial charge in [-0.1, -0.05) is 23.5 Å². The first kappa shape index (κ1) is 5.92. The van der Waals surface area contributed by atoms with Crippen molar-refractivity contribution in [2.75, 3.05) is 11.5 Å². The third-order valence-electron chi connectivity index (χ3n) is 0.740. The summed E-state index contributed by atoms with van der Waals surface area (Å²) in [4.78, 5) is 0. The summed E-state index contributed by atoms with van der Waals surface area (Å²) in [5.41, 5.74) is 0. The van der Waals surface area contributed by atoms with Crippen LogP contribution in [-0.4, -0.2) is 15.0 Å². The molecule has 7 heavy (non-hydrogen) atoms. The van der Waals surface area contributed by atoms with Gasteiger partial charge in [-0.25, -0.2) is 0 Å². The highest BCUT2D eigenvalue weighted by Crippen LogP contribution is 2.22. The molecule has 0 aliphatic carbocycles. The summed E-state index contributed by atoms with van der Waals surface area (Å²) in [6.07, 6.45) is 1.35. The molecular weight excluding hydrogens is 144 g/mol. The van der Waals surface area contributed by atoms with Crippen LogP contribution in [-0.2, 0) is 12.2 Å². The molecule has 0 atom stereocenters. The molecule has 1 aliphatic rings. The number of rotatable bonds is 0. The second-order valence-corrected chi connectivity index (χ2v) is 4.84. The molecule has 40 valence electrons. The van der Waals surface area contributed by atoms with Crippen molar-refractivity contribution in [2.45, 2.75) is 6.42 Å². The lowest BCUT2D eigenvalue weighted by Crippen LogP contribution is -1.97. The molecule has 0 radical (unpaired) electrons. The third kappa shape index (κ3) is 2.02. The minimum atomic E-state index is 1.24. The summed E-state index contributed by atoms with van der Waals surface area (Å²) in [6.45, 7) is 0. The van der Waals surface area contributed by atoms with E-state index < -0.39 is 0 Å². The standard InChI is InChI=1S/C4H6S3/c5-4-6-2-1-3-7-4/h1-3H2/p+1. The molecule has 0 amide bonds. The van der Waals surface area contributed by atoms with Gasteiger partial charge in [0.15, 0.2) is 12.2 Å². The lowest BCUT2D eigenvalue weighted by molar-refractivity contribution is 1.13. The van der Waals surface area contributed by atoms with Gasteiger partial charge in [-0.05, 0) is 6.42 Å². The van der Waals surface area contributed by atoms with E-state index in [-0.39, 0.29) is 0 Å². The number of thioether (sulfide) groups is 2. The van der Waals surface area contributed by atoms with Crippen molar-refractivity contribution < 1.29 is 0 Å². The van der Waals surface area contributed by atoms with Crippen molar-refractivity contribution in [1.82, 2.24) is 0 Å². The quantitative estimate of drug-likeness (QED) is 0.290. The highest BCUT2D eigenvalue weighted by atomic mass is 32.2. The van der Waals surface area contributed by atoms with E-state index >= 15 is 0 Å². The van der Waals surface area contributed by atoms with Gasteiger partial charge >= 0.3 is 0 Å². The Labute approximate surface area is 57.4 Å². The van der Waals surface area contributed by atoms with Crippen molar-refractivity contribution in [3.8, 4) is 0 Å². The maximum Gasteiger partial charge on any atom is 0.289 e. The normalized spacial score (nSPS) is 22.6. The van der Waals surface area contributed by atoms with Gasteiger partial charge in [-0.15, -0.1) is 0 Å². The Balaban J connectivity index is 2.25. The van der Waals surface area contributed by atoms with Crippen LogP contribution in [0.1, 0.15) is 6.42 Å². The molecule has 1 fully saturated rings. The van der Waals surface area contributed by atoms with E-state index in [0.29, 0.717) is 0 Å². The van der Waals surface area contributed by atoms with Crippen LogP contribution in [0.4, 0.5) is 0 Å². The molecule has 0 N–H and O–H groups in total.